The minimum atomic E-state index is -0.831. The summed E-state index contributed by atoms with van der Waals surface area (Å²) >= 11 is 0. The number of aryl methyl sites for hydroxylation is 1. The molecule has 27 heavy (non-hydrogen) atoms. The number of H-pyrrole nitrogens is 1. The fourth-order valence-corrected chi connectivity index (χ4v) is 3.31. The average Bonchev–Trinajstić information content (AvgIpc) is 3.03. The van der Waals surface area contributed by atoms with Crippen molar-refractivity contribution in [2.45, 2.75) is 6.92 Å². The van der Waals surface area contributed by atoms with Gasteiger partial charge in [0.1, 0.15) is 17.4 Å². The van der Waals surface area contributed by atoms with Crippen LogP contribution in [0.2, 0.25) is 0 Å². The molecule has 0 radical (unpaired) electrons. The number of fused-ring (bicyclic) bond motifs is 1. The Balaban J connectivity index is 1.83. The van der Waals surface area contributed by atoms with Crippen LogP contribution in [-0.2, 0) is 0 Å². The van der Waals surface area contributed by atoms with Gasteiger partial charge in [0, 0.05) is 23.0 Å². The molecular weight excluding hydrogens is 346 g/mol. The molecule has 0 aliphatic rings. The summed E-state index contributed by atoms with van der Waals surface area (Å²) in [6, 6.07) is 16.7. The van der Waals surface area contributed by atoms with Gasteiger partial charge in [0.15, 0.2) is 0 Å². The number of benzene rings is 3. The molecule has 0 spiro atoms. The van der Waals surface area contributed by atoms with Crippen molar-refractivity contribution in [1.82, 2.24) is 4.98 Å². The number of aromatic nitrogens is 1. The topological polar surface area (TPSA) is 59.8 Å². The van der Waals surface area contributed by atoms with E-state index in [2.05, 4.69) is 11.1 Å². The second-order valence-electron chi connectivity index (χ2n) is 6.41. The lowest BCUT2D eigenvalue weighted by Crippen LogP contribution is -1.90. The number of phenols is 1. The largest absolute Gasteiger partial charge is 0.508 e. The van der Waals surface area contributed by atoms with Crippen LogP contribution >= 0.6 is 0 Å². The highest BCUT2D eigenvalue weighted by Gasteiger charge is 2.16. The number of halogens is 2. The third-order valence-electron chi connectivity index (χ3n) is 4.58. The van der Waals surface area contributed by atoms with Gasteiger partial charge in [-0.15, -0.1) is 0 Å². The van der Waals surface area contributed by atoms with E-state index in [0.29, 0.717) is 11.3 Å². The molecule has 0 fully saturated rings. The number of nitrogens with one attached hydrogen (secondary N) is 1. The molecule has 0 bridgehead atoms. The van der Waals surface area contributed by atoms with Gasteiger partial charge in [-0.05, 0) is 53.9 Å². The highest BCUT2D eigenvalue weighted by atomic mass is 19.1. The van der Waals surface area contributed by atoms with Crippen molar-refractivity contribution in [1.29, 1.82) is 5.26 Å². The summed E-state index contributed by atoms with van der Waals surface area (Å²) in [5.74, 6) is -2.12. The van der Waals surface area contributed by atoms with E-state index in [1.54, 1.807) is 12.1 Å². The summed E-state index contributed by atoms with van der Waals surface area (Å²) < 4.78 is 28.3. The Labute approximate surface area is 154 Å². The highest BCUT2D eigenvalue weighted by molar-refractivity contribution is 5.90. The van der Waals surface area contributed by atoms with Crippen LogP contribution in [0.3, 0.4) is 0 Å². The second kappa shape index (κ2) is 6.26. The van der Waals surface area contributed by atoms with Gasteiger partial charge in [-0.25, -0.2) is 8.78 Å². The number of nitriles is 1. The van der Waals surface area contributed by atoms with Gasteiger partial charge < -0.3 is 10.1 Å². The van der Waals surface area contributed by atoms with Crippen molar-refractivity contribution in [2.75, 3.05) is 0 Å². The maximum Gasteiger partial charge on any atom is 0.139 e. The molecule has 4 rings (SSSR count). The Kier molecular flexibility index (Phi) is 3.89. The maximum atomic E-state index is 14.1. The molecule has 0 aliphatic carbocycles. The van der Waals surface area contributed by atoms with Gasteiger partial charge in [-0.2, -0.15) is 5.26 Å². The van der Waals surface area contributed by atoms with Crippen LogP contribution in [-0.4, -0.2) is 10.1 Å². The molecule has 0 aliphatic heterocycles. The zero-order valence-electron chi connectivity index (χ0n) is 14.3. The van der Waals surface area contributed by atoms with Crippen molar-refractivity contribution >= 4 is 10.9 Å². The standard InChI is InChI=1S/C22H14F2N2O/c1-12-6-13(11-25)2-4-17(12)14-3-5-20-15(7-14)8-21(26-20)22-18(23)9-16(27)10-19(22)24/h2-10,26-27H,1H3. The lowest BCUT2D eigenvalue weighted by molar-refractivity contribution is 0.461. The molecule has 0 amide bonds. The molecule has 5 heteroatoms. The summed E-state index contributed by atoms with van der Waals surface area (Å²) in [7, 11) is 0. The zero-order chi connectivity index (χ0) is 19.1. The fourth-order valence-electron chi connectivity index (χ4n) is 3.31. The Hall–Kier alpha value is -3.65. The van der Waals surface area contributed by atoms with Crippen LogP contribution < -0.4 is 0 Å². The van der Waals surface area contributed by atoms with Crippen LogP contribution in [0.1, 0.15) is 11.1 Å². The number of aromatic amines is 1. The second-order valence-corrected chi connectivity index (χ2v) is 6.41. The van der Waals surface area contributed by atoms with E-state index in [4.69, 9.17) is 5.26 Å². The minimum Gasteiger partial charge on any atom is -0.508 e. The van der Waals surface area contributed by atoms with E-state index in [0.717, 1.165) is 39.7 Å². The van der Waals surface area contributed by atoms with Crippen molar-refractivity contribution in [2.24, 2.45) is 0 Å². The molecule has 1 heterocycles. The first-order valence-corrected chi connectivity index (χ1v) is 8.28. The molecule has 3 nitrogen and oxygen atoms in total. The van der Waals surface area contributed by atoms with Crippen LogP contribution in [0.5, 0.6) is 5.75 Å². The van der Waals surface area contributed by atoms with E-state index in [1.807, 2.05) is 37.3 Å². The predicted molar refractivity (Wildman–Crippen MR) is 100 cm³/mol. The van der Waals surface area contributed by atoms with E-state index in [1.165, 1.54) is 0 Å². The van der Waals surface area contributed by atoms with E-state index in [-0.39, 0.29) is 5.56 Å². The molecule has 132 valence electrons. The Morgan fingerprint density at radius 3 is 2.37 bits per heavy atom. The van der Waals surface area contributed by atoms with Crippen LogP contribution in [0.25, 0.3) is 33.3 Å². The number of hydrogen-bond donors (Lipinski definition) is 2. The van der Waals surface area contributed by atoms with Crippen molar-refractivity contribution in [3.05, 3.63) is 77.4 Å². The molecule has 0 atom stereocenters. The normalized spacial score (nSPS) is 10.9. The summed E-state index contributed by atoms with van der Waals surface area (Å²) in [5, 5.41) is 19.1. The Morgan fingerprint density at radius 2 is 1.70 bits per heavy atom. The van der Waals surface area contributed by atoms with E-state index in [9.17, 15) is 13.9 Å². The average molecular weight is 360 g/mol. The molecule has 0 unspecified atom stereocenters. The van der Waals surface area contributed by atoms with Gasteiger partial charge in [-0.3, -0.25) is 0 Å². The molecule has 3 aromatic carbocycles. The van der Waals surface area contributed by atoms with Gasteiger partial charge in [0.05, 0.1) is 22.9 Å². The van der Waals surface area contributed by atoms with Crippen molar-refractivity contribution < 1.29 is 13.9 Å². The monoisotopic (exact) mass is 360 g/mol. The third-order valence-corrected chi connectivity index (χ3v) is 4.58. The smallest absolute Gasteiger partial charge is 0.139 e. The summed E-state index contributed by atoms with van der Waals surface area (Å²) in [6.45, 7) is 1.93. The Bertz CT molecular complexity index is 1210. The number of rotatable bonds is 2. The number of hydrogen-bond acceptors (Lipinski definition) is 2. The lowest BCUT2D eigenvalue weighted by atomic mass is 9.98. The first kappa shape index (κ1) is 16.8. The highest BCUT2D eigenvalue weighted by Crippen LogP contribution is 2.33. The Morgan fingerprint density at radius 1 is 0.963 bits per heavy atom. The molecule has 4 aromatic rings. The third kappa shape index (κ3) is 2.91. The van der Waals surface area contributed by atoms with Gasteiger partial charge in [-0.1, -0.05) is 12.1 Å². The molecule has 2 N–H and O–H groups in total. The quantitative estimate of drug-likeness (QED) is 0.484. The van der Waals surface area contributed by atoms with Crippen molar-refractivity contribution in [3.8, 4) is 34.2 Å². The van der Waals surface area contributed by atoms with Gasteiger partial charge in [0.2, 0.25) is 0 Å². The van der Waals surface area contributed by atoms with Crippen LogP contribution in [0.15, 0.2) is 54.6 Å². The number of phenolic OH excluding ortho intramolecular Hbond substituents is 1. The first-order chi connectivity index (χ1) is 13.0. The van der Waals surface area contributed by atoms with E-state index < -0.39 is 17.4 Å². The number of nitrogens with zero attached hydrogens (tertiary/aromatic N) is 1. The van der Waals surface area contributed by atoms with E-state index >= 15 is 0 Å². The molecule has 0 saturated heterocycles. The lowest BCUT2D eigenvalue weighted by Gasteiger charge is -2.06. The molecule has 1 aromatic heterocycles. The minimum absolute atomic E-state index is 0.208. The summed E-state index contributed by atoms with van der Waals surface area (Å²) in [5.41, 5.74) is 4.34. The summed E-state index contributed by atoms with van der Waals surface area (Å²) in [6.07, 6.45) is 0. The number of aromatic hydroxyl groups is 1. The summed E-state index contributed by atoms with van der Waals surface area (Å²) in [4.78, 5) is 3.02. The van der Waals surface area contributed by atoms with Crippen molar-refractivity contribution in [3.63, 3.8) is 0 Å². The molecular formula is C22H14F2N2O. The van der Waals surface area contributed by atoms with Gasteiger partial charge in [0.25, 0.3) is 0 Å². The van der Waals surface area contributed by atoms with Crippen LogP contribution in [0, 0.1) is 29.9 Å². The first-order valence-electron chi connectivity index (χ1n) is 8.28. The fraction of sp³-hybridized carbons (Fsp3) is 0.0455. The van der Waals surface area contributed by atoms with Gasteiger partial charge >= 0.3 is 0 Å². The maximum absolute atomic E-state index is 14.1. The zero-order valence-corrected chi connectivity index (χ0v) is 14.3. The van der Waals surface area contributed by atoms with Crippen LogP contribution in [0.4, 0.5) is 8.78 Å². The predicted octanol–water partition coefficient (Wildman–Crippen LogP) is 5.67. The SMILES string of the molecule is Cc1cc(C#N)ccc1-c1ccc2[nH]c(-c3c(F)cc(O)cc3F)cc2c1. The molecule has 0 saturated carbocycles.